The molecule has 0 aliphatic heterocycles. The van der Waals surface area contributed by atoms with Crippen molar-refractivity contribution in [2.75, 3.05) is 6.54 Å². The smallest absolute Gasteiger partial charge is 0.244 e. The van der Waals surface area contributed by atoms with Gasteiger partial charge in [0.05, 0.1) is 5.52 Å². The van der Waals surface area contributed by atoms with Gasteiger partial charge in [0.15, 0.2) is 0 Å². The zero-order valence-corrected chi connectivity index (χ0v) is 17.8. The average molecular weight is 418 g/mol. The number of nitrogens with one attached hydrogen (secondary N) is 1. The molecule has 2 unspecified atom stereocenters. The minimum absolute atomic E-state index is 0.0586. The lowest BCUT2D eigenvalue weighted by Gasteiger charge is -2.17. The number of nitrogens with zero attached hydrogens (tertiary/aromatic N) is 2. The second kappa shape index (κ2) is 8.72. The normalized spacial score (nSPS) is 13.2. The fourth-order valence-corrected chi connectivity index (χ4v) is 3.80. The second-order valence-corrected chi connectivity index (χ2v) is 7.99. The molecular formula is C25H24ClN3O. The fourth-order valence-electron chi connectivity index (χ4n) is 3.63. The Balaban J connectivity index is 1.60. The van der Waals surface area contributed by atoms with Gasteiger partial charge >= 0.3 is 0 Å². The molecule has 4 rings (SSSR count). The van der Waals surface area contributed by atoms with E-state index in [1.54, 1.807) is 4.68 Å². The van der Waals surface area contributed by atoms with Crippen molar-refractivity contribution in [1.82, 2.24) is 15.1 Å². The number of rotatable bonds is 6. The summed E-state index contributed by atoms with van der Waals surface area (Å²) < 4.78 is 1.79. The van der Waals surface area contributed by atoms with E-state index >= 15 is 0 Å². The maximum Gasteiger partial charge on any atom is 0.244 e. The maximum atomic E-state index is 12.9. The molecule has 0 spiro atoms. The van der Waals surface area contributed by atoms with Crippen LogP contribution in [-0.4, -0.2) is 22.2 Å². The van der Waals surface area contributed by atoms with Gasteiger partial charge in [-0.25, -0.2) is 0 Å². The molecular weight excluding hydrogens is 394 g/mol. The monoisotopic (exact) mass is 417 g/mol. The van der Waals surface area contributed by atoms with Crippen LogP contribution in [0.2, 0.25) is 5.02 Å². The highest BCUT2D eigenvalue weighted by Crippen LogP contribution is 2.31. The molecule has 4 nitrogen and oxygen atoms in total. The lowest BCUT2D eigenvalue weighted by atomic mass is 10.0. The molecule has 3 aromatic carbocycles. The van der Waals surface area contributed by atoms with Gasteiger partial charge in [-0.2, -0.15) is 5.10 Å². The van der Waals surface area contributed by atoms with Crippen LogP contribution >= 0.6 is 11.6 Å². The summed E-state index contributed by atoms with van der Waals surface area (Å²) in [6.07, 6.45) is 0. The molecule has 1 amide bonds. The van der Waals surface area contributed by atoms with Crippen molar-refractivity contribution < 1.29 is 4.79 Å². The first-order chi connectivity index (χ1) is 14.5. The number of amides is 1. The van der Waals surface area contributed by atoms with E-state index in [1.165, 1.54) is 5.56 Å². The first kappa shape index (κ1) is 20.2. The summed E-state index contributed by atoms with van der Waals surface area (Å²) in [6, 6.07) is 25.4. The third kappa shape index (κ3) is 4.10. The second-order valence-electron chi connectivity index (χ2n) is 7.55. The van der Waals surface area contributed by atoms with Gasteiger partial charge in [0.25, 0.3) is 0 Å². The van der Waals surface area contributed by atoms with Gasteiger partial charge in [-0.1, -0.05) is 79.2 Å². The Labute approximate surface area is 181 Å². The predicted octanol–water partition coefficient (Wildman–Crippen LogP) is 5.84. The lowest BCUT2D eigenvalue weighted by molar-refractivity contribution is -0.124. The van der Waals surface area contributed by atoms with Crippen molar-refractivity contribution in [2.45, 2.75) is 25.8 Å². The van der Waals surface area contributed by atoms with E-state index in [2.05, 4.69) is 24.4 Å². The number of benzene rings is 3. The molecule has 1 heterocycles. The average Bonchev–Trinajstić information content (AvgIpc) is 3.16. The van der Waals surface area contributed by atoms with E-state index < -0.39 is 6.04 Å². The van der Waals surface area contributed by atoms with Gasteiger partial charge < -0.3 is 5.32 Å². The van der Waals surface area contributed by atoms with E-state index in [-0.39, 0.29) is 11.8 Å². The Morgan fingerprint density at radius 2 is 1.67 bits per heavy atom. The number of aromatic nitrogens is 2. The molecule has 1 N–H and O–H groups in total. The molecule has 5 heteroatoms. The highest BCUT2D eigenvalue weighted by atomic mass is 35.5. The quantitative estimate of drug-likeness (QED) is 0.428. The van der Waals surface area contributed by atoms with Crippen LogP contribution in [0.5, 0.6) is 0 Å². The summed E-state index contributed by atoms with van der Waals surface area (Å²) in [7, 11) is 0. The molecule has 152 valence electrons. The van der Waals surface area contributed by atoms with Crippen LogP contribution in [0, 0.1) is 0 Å². The largest absolute Gasteiger partial charge is 0.354 e. The third-order valence-electron chi connectivity index (χ3n) is 5.41. The highest BCUT2D eigenvalue weighted by molar-refractivity contribution is 6.31. The van der Waals surface area contributed by atoms with Gasteiger partial charge in [0.1, 0.15) is 11.7 Å². The van der Waals surface area contributed by atoms with Crippen LogP contribution in [0.4, 0.5) is 0 Å². The number of hydrogen-bond donors (Lipinski definition) is 1. The molecule has 0 aliphatic rings. The molecule has 0 saturated heterocycles. The summed E-state index contributed by atoms with van der Waals surface area (Å²) in [4.78, 5) is 12.9. The topological polar surface area (TPSA) is 46.9 Å². The number of carbonyl (C=O) groups is 1. The van der Waals surface area contributed by atoms with Crippen molar-refractivity contribution in [3.05, 3.63) is 89.4 Å². The fraction of sp³-hybridized carbons (Fsp3) is 0.200. The Morgan fingerprint density at radius 1 is 1.00 bits per heavy atom. The zero-order valence-electron chi connectivity index (χ0n) is 17.0. The van der Waals surface area contributed by atoms with Crippen LogP contribution in [-0.2, 0) is 4.79 Å². The van der Waals surface area contributed by atoms with Crippen LogP contribution in [0.15, 0.2) is 78.9 Å². The molecule has 2 atom stereocenters. The van der Waals surface area contributed by atoms with E-state index in [1.807, 2.05) is 73.7 Å². The summed E-state index contributed by atoms with van der Waals surface area (Å²) >= 11 is 6.26. The Kier molecular flexibility index (Phi) is 5.86. The van der Waals surface area contributed by atoms with Crippen molar-refractivity contribution >= 4 is 28.4 Å². The van der Waals surface area contributed by atoms with Gasteiger partial charge in [-0.15, -0.1) is 0 Å². The van der Waals surface area contributed by atoms with Crippen LogP contribution in [0.25, 0.3) is 22.2 Å². The van der Waals surface area contributed by atoms with E-state index in [4.69, 9.17) is 16.7 Å². The minimum atomic E-state index is -0.450. The Bertz CT molecular complexity index is 1160. The van der Waals surface area contributed by atoms with Gasteiger partial charge in [0, 0.05) is 22.5 Å². The van der Waals surface area contributed by atoms with Gasteiger partial charge in [-0.3, -0.25) is 9.48 Å². The summed E-state index contributed by atoms with van der Waals surface area (Å²) in [6.45, 7) is 4.56. The first-order valence-electron chi connectivity index (χ1n) is 10.1. The number of hydrogen-bond acceptors (Lipinski definition) is 2. The summed E-state index contributed by atoms with van der Waals surface area (Å²) in [5.74, 6) is 0.173. The SMILES string of the molecule is CC(CNC(=O)C(C)n1nc(-c2ccccc2)c2cc(Cl)ccc21)c1ccccc1. The van der Waals surface area contributed by atoms with Crippen molar-refractivity contribution in [2.24, 2.45) is 0 Å². The number of fused-ring (bicyclic) bond motifs is 1. The Morgan fingerprint density at radius 3 is 2.37 bits per heavy atom. The molecule has 0 radical (unpaired) electrons. The minimum Gasteiger partial charge on any atom is -0.354 e. The van der Waals surface area contributed by atoms with Crippen molar-refractivity contribution in [3.8, 4) is 11.3 Å². The molecule has 0 aliphatic carbocycles. The first-order valence-corrected chi connectivity index (χ1v) is 10.5. The molecule has 1 aromatic heterocycles. The lowest BCUT2D eigenvalue weighted by Crippen LogP contribution is -2.33. The number of halogens is 1. The number of carbonyl (C=O) groups excluding carboxylic acids is 1. The predicted molar refractivity (Wildman–Crippen MR) is 123 cm³/mol. The molecule has 30 heavy (non-hydrogen) atoms. The third-order valence-corrected chi connectivity index (χ3v) is 5.65. The van der Waals surface area contributed by atoms with E-state index in [9.17, 15) is 4.79 Å². The Hall–Kier alpha value is -3.11. The maximum absolute atomic E-state index is 12.9. The van der Waals surface area contributed by atoms with Crippen LogP contribution in [0.1, 0.15) is 31.4 Å². The highest BCUT2D eigenvalue weighted by Gasteiger charge is 2.22. The standard InChI is InChI=1S/C25H24ClN3O/c1-17(19-9-5-3-6-10-19)16-27-25(30)18(2)29-23-14-13-21(26)15-22(23)24(28-29)20-11-7-4-8-12-20/h3-15,17-18H,16H2,1-2H3,(H,27,30). The van der Waals surface area contributed by atoms with Gasteiger partial charge in [0.2, 0.25) is 5.91 Å². The van der Waals surface area contributed by atoms with E-state index in [0.29, 0.717) is 11.6 Å². The summed E-state index contributed by atoms with van der Waals surface area (Å²) in [5.41, 5.74) is 3.91. The molecule has 0 saturated carbocycles. The zero-order chi connectivity index (χ0) is 21.1. The molecule has 0 bridgehead atoms. The van der Waals surface area contributed by atoms with Crippen LogP contribution in [0.3, 0.4) is 0 Å². The van der Waals surface area contributed by atoms with E-state index in [0.717, 1.165) is 22.2 Å². The van der Waals surface area contributed by atoms with Crippen molar-refractivity contribution in [3.63, 3.8) is 0 Å². The molecule has 0 fully saturated rings. The molecule has 4 aromatic rings. The van der Waals surface area contributed by atoms with Crippen LogP contribution < -0.4 is 5.32 Å². The van der Waals surface area contributed by atoms with Gasteiger partial charge in [-0.05, 0) is 36.6 Å². The van der Waals surface area contributed by atoms with Crippen molar-refractivity contribution in [1.29, 1.82) is 0 Å². The summed E-state index contributed by atoms with van der Waals surface area (Å²) in [5, 5.41) is 9.47.